The molecule has 0 spiro atoms. The molecule has 0 unspecified atom stereocenters. The Morgan fingerprint density at radius 1 is 0.724 bits per heavy atom. The summed E-state index contributed by atoms with van der Waals surface area (Å²) in [6, 6.07) is 34.9. The zero-order valence-corrected chi connectivity index (χ0v) is 19.4. The van der Waals surface area contributed by atoms with Crippen LogP contribution < -0.4 is 4.57 Å². The standard InChI is InChI=1S/C27H20N.Y/c1-19-13-14-21(18-26(19)27-12-5-6-17-28(27)2)23-10-7-11-24-22-9-4-3-8-20(22)15-16-25(23)24;/h3-9,11-17H,1-2H3;/q-1;. The van der Waals surface area contributed by atoms with Crippen molar-refractivity contribution < 1.29 is 37.3 Å². The van der Waals surface area contributed by atoms with E-state index in [1.165, 1.54) is 27.1 Å². The Balaban J connectivity index is 0.00000205. The Labute approximate surface area is 196 Å². The van der Waals surface area contributed by atoms with Crippen LogP contribution >= 0.6 is 0 Å². The van der Waals surface area contributed by atoms with E-state index in [-0.39, 0.29) is 32.7 Å². The smallest absolute Gasteiger partial charge is 0.161 e. The number of aromatic nitrogens is 1. The monoisotopic (exact) mass is 447 g/mol. The molecule has 2 heteroatoms. The molecule has 0 fully saturated rings. The molecule has 0 saturated heterocycles. The maximum Gasteiger partial charge on any atom is 0.161 e. The van der Waals surface area contributed by atoms with E-state index >= 15 is 0 Å². The van der Waals surface area contributed by atoms with Crippen LogP contribution in [0.3, 0.4) is 0 Å². The molecule has 137 valence electrons. The summed E-state index contributed by atoms with van der Waals surface area (Å²) in [5.74, 6) is 0. The van der Waals surface area contributed by atoms with E-state index in [1.54, 1.807) is 0 Å². The summed E-state index contributed by atoms with van der Waals surface area (Å²) in [7, 11) is 2.07. The second-order valence-corrected chi connectivity index (χ2v) is 7.23. The average molecular weight is 447 g/mol. The third-order valence-electron chi connectivity index (χ3n) is 5.45. The summed E-state index contributed by atoms with van der Waals surface area (Å²) < 4.78 is 2.14. The number of rotatable bonds is 2. The summed E-state index contributed by atoms with van der Waals surface area (Å²) in [4.78, 5) is 0. The molecule has 1 nitrogen and oxygen atoms in total. The summed E-state index contributed by atoms with van der Waals surface area (Å²) in [5, 5.41) is 5.01. The second-order valence-electron chi connectivity index (χ2n) is 7.23. The average Bonchev–Trinajstić information content (AvgIpc) is 2.74. The van der Waals surface area contributed by atoms with Crippen molar-refractivity contribution >= 4 is 21.5 Å². The van der Waals surface area contributed by atoms with Crippen molar-refractivity contribution in [2.24, 2.45) is 7.05 Å². The summed E-state index contributed by atoms with van der Waals surface area (Å²) in [5.41, 5.74) is 5.68. The van der Waals surface area contributed by atoms with Gasteiger partial charge in [-0.05, 0) is 16.8 Å². The molecular weight excluding hydrogens is 427 g/mol. The summed E-state index contributed by atoms with van der Waals surface area (Å²) >= 11 is 0. The van der Waals surface area contributed by atoms with Gasteiger partial charge in [0, 0.05) is 38.8 Å². The molecule has 0 atom stereocenters. The fourth-order valence-electron chi connectivity index (χ4n) is 3.96. The minimum absolute atomic E-state index is 0. The van der Waals surface area contributed by atoms with Crippen molar-refractivity contribution in [2.75, 3.05) is 0 Å². The first kappa shape index (κ1) is 19.9. The Morgan fingerprint density at radius 2 is 1.55 bits per heavy atom. The van der Waals surface area contributed by atoms with Gasteiger partial charge in [0.2, 0.25) is 0 Å². The van der Waals surface area contributed by atoms with Crippen LogP contribution in [0.2, 0.25) is 0 Å². The molecule has 0 saturated carbocycles. The topological polar surface area (TPSA) is 3.88 Å². The Hall–Kier alpha value is -2.35. The van der Waals surface area contributed by atoms with Crippen LogP contribution in [0, 0.1) is 19.1 Å². The molecule has 0 amide bonds. The van der Waals surface area contributed by atoms with E-state index in [0.717, 1.165) is 22.4 Å². The SMILES string of the molecule is Cc1ccc(-c2[c-]ccc3c2ccc2ccccc23)[c-]c1-c1cccc[n+]1C.[Y]. The number of nitrogens with zero attached hydrogens (tertiary/aromatic N) is 1. The number of aryl methyl sites for hydroxylation is 2. The van der Waals surface area contributed by atoms with Crippen molar-refractivity contribution in [2.45, 2.75) is 6.92 Å². The molecular formula is C27H20NY-. The van der Waals surface area contributed by atoms with Gasteiger partial charge >= 0.3 is 0 Å². The number of benzene rings is 4. The second kappa shape index (κ2) is 8.18. The van der Waals surface area contributed by atoms with E-state index in [9.17, 15) is 0 Å². The van der Waals surface area contributed by atoms with Gasteiger partial charge < -0.3 is 0 Å². The number of pyridine rings is 1. The molecule has 0 bridgehead atoms. The van der Waals surface area contributed by atoms with E-state index in [2.05, 4.69) is 104 Å². The normalized spacial score (nSPS) is 10.8. The number of hydrogen-bond acceptors (Lipinski definition) is 0. The minimum atomic E-state index is 0. The maximum absolute atomic E-state index is 3.67. The van der Waals surface area contributed by atoms with E-state index < -0.39 is 0 Å². The van der Waals surface area contributed by atoms with Gasteiger partial charge in [-0.25, -0.2) is 10.1 Å². The zero-order valence-electron chi connectivity index (χ0n) is 16.6. The van der Waals surface area contributed by atoms with Crippen molar-refractivity contribution in [1.29, 1.82) is 0 Å². The van der Waals surface area contributed by atoms with Crippen LogP contribution in [0.5, 0.6) is 0 Å². The fraction of sp³-hybridized carbons (Fsp3) is 0.0741. The molecule has 5 aromatic rings. The van der Waals surface area contributed by atoms with Crippen LogP contribution in [0.1, 0.15) is 5.56 Å². The predicted octanol–water partition coefficient (Wildman–Crippen LogP) is 6.06. The molecule has 29 heavy (non-hydrogen) atoms. The fourth-order valence-corrected chi connectivity index (χ4v) is 3.96. The van der Waals surface area contributed by atoms with Gasteiger partial charge in [-0.15, -0.1) is 34.5 Å². The summed E-state index contributed by atoms with van der Waals surface area (Å²) in [6.07, 6.45) is 2.07. The van der Waals surface area contributed by atoms with E-state index in [4.69, 9.17) is 0 Å². The van der Waals surface area contributed by atoms with Gasteiger partial charge in [0.25, 0.3) is 0 Å². The Kier molecular flexibility index (Phi) is 5.63. The van der Waals surface area contributed by atoms with E-state index in [1.807, 2.05) is 12.1 Å². The molecule has 1 aromatic heterocycles. The molecule has 0 aliphatic heterocycles. The van der Waals surface area contributed by atoms with Gasteiger partial charge in [-0.2, -0.15) is 29.8 Å². The first-order valence-corrected chi connectivity index (χ1v) is 9.53. The van der Waals surface area contributed by atoms with E-state index in [0.29, 0.717) is 0 Å². The first-order chi connectivity index (χ1) is 13.7. The van der Waals surface area contributed by atoms with Gasteiger partial charge in [-0.3, -0.25) is 0 Å². The summed E-state index contributed by atoms with van der Waals surface area (Å²) in [6.45, 7) is 2.14. The van der Waals surface area contributed by atoms with Crippen LogP contribution in [-0.2, 0) is 39.8 Å². The van der Waals surface area contributed by atoms with Crippen LogP contribution in [0.15, 0.2) is 85.1 Å². The van der Waals surface area contributed by atoms with Crippen molar-refractivity contribution in [1.82, 2.24) is 0 Å². The van der Waals surface area contributed by atoms with Gasteiger partial charge in [0.05, 0.1) is 0 Å². The molecule has 0 aliphatic rings. The first-order valence-electron chi connectivity index (χ1n) is 9.53. The third kappa shape index (κ3) is 3.54. The molecule has 0 N–H and O–H groups in total. The van der Waals surface area contributed by atoms with Gasteiger partial charge in [-0.1, -0.05) is 48.9 Å². The minimum Gasteiger partial charge on any atom is -0.234 e. The quantitative estimate of drug-likeness (QED) is 0.176. The predicted molar refractivity (Wildman–Crippen MR) is 116 cm³/mol. The Morgan fingerprint density at radius 3 is 2.41 bits per heavy atom. The maximum atomic E-state index is 3.67. The number of fused-ring (bicyclic) bond motifs is 3. The zero-order chi connectivity index (χ0) is 19.1. The van der Waals surface area contributed by atoms with Crippen molar-refractivity contribution in [3.05, 3.63) is 103 Å². The van der Waals surface area contributed by atoms with Crippen LogP contribution in [0.25, 0.3) is 43.9 Å². The van der Waals surface area contributed by atoms with Crippen molar-refractivity contribution in [3.8, 4) is 22.4 Å². The van der Waals surface area contributed by atoms with Gasteiger partial charge in [0.15, 0.2) is 6.20 Å². The molecule has 0 aliphatic carbocycles. The van der Waals surface area contributed by atoms with Crippen molar-refractivity contribution in [3.63, 3.8) is 0 Å². The largest absolute Gasteiger partial charge is 0.234 e. The third-order valence-corrected chi connectivity index (χ3v) is 5.45. The van der Waals surface area contributed by atoms with Crippen LogP contribution in [0.4, 0.5) is 0 Å². The number of hydrogen-bond donors (Lipinski definition) is 0. The van der Waals surface area contributed by atoms with Gasteiger partial charge in [0.1, 0.15) is 12.7 Å². The van der Waals surface area contributed by atoms with Crippen LogP contribution in [-0.4, -0.2) is 0 Å². The molecule has 5 rings (SSSR count). The molecule has 4 aromatic carbocycles. The molecule has 1 radical (unpaired) electrons. The Bertz CT molecular complexity index is 1340. The molecule has 1 heterocycles.